The van der Waals surface area contributed by atoms with Crippen molar-refractivity contribution in [2.24, 2.45) is 0 Å². The molecule has 1 aromatic carbocycles. The lowest BCUT2D eigenvalue weighted by Gasteiger charge is -2.45. The number of benzene rings is 1. The van der Waals surface area contributed by atoms with Gasteiger partial charge in [-0.3, -0.25) is 0 Å². The van der Waals surface area contributed by atoms with Crippen LogP contribution in [0.3, 0.4) is 0 Å². The lowest BCUT2D eigenvalue weighted by atomic mass is 9.73. The minimum atomic E-state index is -3.56. The Balaban J connectivity index is 1.82. The number of morpholine rings is 1. The van der Waals surface area contributed by atoms with E-state index in [0.717, 1.165) is 24.8 Å². The van der Waals surface area contributed by atoms with E-state index in [2.05, 4.69) is 4.72 Å². The number of halogens is 1. The van der Waals surface area contributed by atoms with Crippen LogP contribution >= 0.6 is 11.6 Å². The van der Waals surface area contributed by atoms with Crippen LogP contribution < -0.4 is 4.72 Å². The number of rotatable bonds is 4. The average Bonchev–Trinajstić information content (AvgIpc) is 2.43. The van der Waals surface area contributed by atoms with Crippen molar-refractivity contribution < 1.29 is 13.2 Å². The molecule has 1 aromatic rings. The molecule has 1 aliphatic carbocycles. The zero-order valence-corrected chi connectivity index (χ0v) is 15.0. The molecule has 2 fully saturated rings. The molecule has 1 aliphatic heterocycles. The second-order valence-electron chi connectivity index (χ2n) is 6.62. The molecule has 3 rings (SSSR count). The predicted octanol–water partition coefficient (Wildman–Crippen LogP) is 2.66. The van der Waals surface area contributed by atoms with Crippen LogP contribution in [0.1, 0.15) is 38.7 Å². The molecule has 128 valence electrons. The third kappa shape index (κ3) is 3.56. The Morgan fingerprint density at radius 3 is 2.22 bits per heavy atom. The fraction of sp³-hybridized carbons (Fsp3) is 0.625. The zero-order valence-electron chi connectivity index (χ0n) is 13.5. The first-order valence-corrected chi connectivity index (χ1v) is 9.83. The van der Waals surface area contributed by atoms with E-state index >= 15 is 0 Å². The number of nitrogens with one attached hydrogen (secondary N) is 1. The van der Waals surface area contributed by atoms with Gasteiger partial charge in [-0.1, -0.05) is 23.7 Å². The summed E-state index contributed by atoms with van der Waals surface area (Å²) in [6.45, 7) is 4.57. The minimum absolute atomic E-state index is 0.0943. The highest BCUT2D eigenvalue weighted by Crippen LogP contribution is 2.42. The van der Waals surface area contributed by atoms with E-state index in [1.807, 2.05) is 38.1 Å². The van der Waals surface area contributed by atoms with Gasteiger partial charge in [0, 0.05) is 18.1 Å². The van der Waals surface area contributed by atoms with Crippen molar-refractivity contribution in [3.63, 3.8) is 0 Å². The Morgan fingerprint density at radius 2 is 1.74 bits per heavy atom. The molecule has 5 nitrogen and oxygen atoms in total. The van der Waals surface area contributed by atoms with E-state index in [-0.39, 0.29) is 12.2 Å². The van der Waals surface area contributed by atoms with Crippen molar-refractivity contribution in [2.45, 2.75) is 50.9 Å². The molecule has 7 heteroatoms. The highest BCUT2D eigenvalue weighted by molar-refractivity contribution is 7.87. The third-order valence-corrected chi connectivity index (χ3v) is 6.53. The predicted molar refractivity (Wildman–Crippen MR) is 90.6 cm³/mol. The van der Waals surface area contributed by atoms with E-state index < -0.39 is 15.7 Å². The highest BCUT2D eigenvalue weighted by atomic mass is 35.5. The quantitative estimate of drug-likeness (QED) is 0.900. The molecule has 1 heterocycles. The average molecular weight is 359 g/mol. The molecule has 2 atom stereocenters. The van der Waals surface area contributed by atoms with Crippen LogP contribution in [-0.2, 0) is 20.5 Å². The van der Waals surface area contributed by atoms with Gasteiger partial charge in [-0.2, -0.15) is 17.4 Å². The molecule has 0 bridgehead atoms. The summed E-state index contributed by atoms with van der Waals surface area (Å²) in [5.74, 6) is 0. The topological polar surface area (TPSA) is 58.6 Å². The molecule has 23 heavy (non-hydrogen) atoms. The molecular weight excluding hydrogens is 336 g/mol. The largest absolute Gasteiger partial charge is 0.373 e. The normalized spacial score (nSPS) is 28.3. The van der Waals surface area contributed by atoms with E-state index in [9.17, 15) is 8.42 Å². The summed E-state index contributed by atoms with van der Waals surface area (Å²) in [6.07, 6.45) is 2.44. The van der Waals surface area contributed by atoms with E-state index in [1.54, 1.807) is 0 Å². The van der Waals surface area contributed by atoms with Crippen LogP contribution in [0.4, 0.5) is 0 Å². The molecular formula is C16H23ClN2O3S. The summed E-state index contributed by atoms with van der Waals surface area (Å²) in [7, 11) is -3.56. The molecule has 2 aliphatic rings. The SMILES string of the molecule is C[C@@H]1CN(S(=O)(=O)NC2(c3ccc(Cl)cc3)CCC2)C[C@H](C)O1. The minimum Gasteiger partial charge on any atom is -0.373 e. The Bertz CT molecular complexity index is 648. The van der Waals surface area contributed by atoms with Gasteiger partial charge < -0.3 is 4.74 Å². The molecule has 0 unspecified atom stereocenters. The maximum atomic E-state index is 12.9. The van der Waals surface area contributed by atoms with Gasteiger partial charge in [0.25, 0.3) is 10.2 Å². The number of ether oxygens (including phenoxy) is 1. The Morgan fingerprint density at radius 1 is 1.17 bits per heavy atom. The fourth-order valence-electron chi connectivity index (χ4n) is 3.39. The summed E-state index contributed by atoms with van der Waals surface area (Å²) < 4.78 is 35.8. The van der Waals surface area contributed by atoms with Crippen molar-refractivity contribution >= 4 is 21.8 Å². The molecule has 0 spiro atoms. The van der Waals surface area contributed by atoms with Crippen molar-refractivity contribution in [3.8, 4) is 0 Å². The summed E-state index contributed by atoms with van der Waals surface area (Å²) in [4.78, 5) is 0. The smallest absolute Gasteiger partial charge is 0.280 e. The van der Waals surface area contributed by atoms with Crippen LogP contribution in [0.25, 0.3) is 0 Å². The molecule has 0 aromatic heterocycles. The van der Waals surface area contributed by atoms with Gasteiger partial charge in [-0.05, 0) is 50.8 Å². The van der Waals surface area contributed by atoms with Gasteiger partial charge in [-0.15, -0.1) is 0 Å². The zero-order chi connectivity index (χ0) is 16.7. The van der Waals surface area contributed by atoms with Gasteiger partial charge in [0.1, 0.15) is 0 Å². The first-order valence-electron chi connectivity index (χ1n) is 8.01. The molecule has 1 saturated carbocycles. The van der Waals surface area contributed by atoms with Gasteiger partial charge >= 0.3 is 0 Å². The number of hydrogen-bond acceptors (Lipinski definition) is 3. The van der Waals surface area contributed by atoms with E-state index in [4.69, 9.17) is 16.3 Å². The van der Waals surface area contributed by atoms with Gasteiger partial charge in [0.2, 0.25) is 0 Å². The molecule has 1 saturated heterocycles. The second kappa shape index (κ2) is 6.33. The molecule has 1 N–H and O–H groups in total. The first kappa shape index (κ1) is 17.2. The Hall–Kier alpha value is -0.660. The number of nitrogens with zero attached hydrogens (tertiary/aromatic N) is 1. The first-order chi connectivity index (χ1) is 10.8. The summed E-state index contributed by atoms with van der Waals surface area (Å²) in [5.41, 5.74) is 0.472. The second-order valence-corrected chi connectivity index (χ2v) is 8.73. The maximum absolute atomic E-state index is 12.9. The summed E-state index contributed by atoms with van der Waals surface area (Å²) >= 11 is 5.95. The lowest BCUT2D eigenvalue weighted by Crippen LogP contribution is -2.58. The van der Waals surface area contributed by atoms with Crippen molar-refractivity contribution in [2.75, 3.05) is 13.1 Å². The van der Waals surface area contributed by atoms with Crippen LogP contribution in [0.15, 0.2) is 24.3 Å². The molecule has 0 radical (unpaired) electrons. The third-order valence-electron chi connectivity index (χ3n) is 4.65. The lowest BCUT2D eigenvalue weighted by molar-refractivity contribution is -0.0448. The Kier molecular flexibility index (Phi) is 4.73. The number of hydrogen-bond donors (Lipinski definition) is 1. The monoisotopic (exact) mass is 358 g/mol. The fourth-order valence-corrected chi connectivity index (χ4v) is 5.27. The standard InChI is InChI=1S/C16H23ClN2O3S/c1-12-10-19(11-13(2)22-12)23(20,21)18-16(8-3-9-16)14-4-6-15(17)7-5-14/h4-7,12-13,18H,3,8-11H2,1-2H3/t12-,13+. The summed E-state index contributed by atoms with van der Waals surface area (Å²) in [6, 6.07) is 7.44. The van der Waals surface area contributed by atoms with Gasteiger partial charge in [0.05, 0.1) is 17.7 Å². The van der Waals surface area contributed by atoms with E-state index in [0.29, 0.717) is 18.1 Å². The van der Waals surface area contributed by atoms with Gasteiger partial charge in [0.15, 0.2) is 0 Å². The van der Waals surface area contributed by atoms with Crippen LogP contribution in [0.5, 0.6) is 0 Å². The van der Waals surface area contributed by atoms with Crippen LogP contribution in [0, 0.1) is 0 Å². The van der Waals surface area contributed by atoms with Crippen LogP contribution in [-0.4, -0.2) is 38.0 Å². The van der Waals surface area contributed by atoms with Crippen molar-refractivity contribution in [1.29, 1.82) is 0 Å². The van der Waals surface area contributed by atoms with E-state index in [1.165, 1.54) is 4.31 Å². The van der Waals surface area contributed by atoms with Gasteiger partial charge in [-0.25, -0.2) is 0 Å². The van der Waals surface area contributed by atoms with Crippen molar-refractivity contribution in [1.82, 2.24) is 9.03 Å². The molecule has 0 amide bonds. The van der Waals surface area contributed by atoms with Crippen LogP contribution in [0.2, 0.25) is 5.02 Å². The summed E-state index contributed by atoms with van der Waals surface area (Å²) in [5, 5.41) is 0.655. The highest BCUT2D eigenvalue weighted by Gasteiger charge is 2.44. The van der Waals surface area contributed by atoms with Crippen molar-refractivity contribution in [3.05, 3.63) is 34.9 Å². The maximum Gasteiger partial charge on any atom is 0.280 e. The Labute approximate surface area is 143 Å².